The predicted molar refractivity (Wildman–Crippen MR) is 66.8 cm³/mol. The van der Waals surface area contributed by atoms with E-state index in [1.54, 1.807) is 0 Å². The molecule has 0 aromatic heterocycles. The number of benzene rings is 1. The first-order chi connectivity index (χ1) is 8.29. The summed E-state index contributed by atoms with van der Waals surface area (Å²) in [7, 11) is 0. The Morgan fingerprint density at radius 2 is 2.18 bits per heavy atom. The van der Waals surface area contributed by atoms with E-state index in [9.17, 15) is 4.79 Å². The molecule has 2 rings (SSSR count). The van der Waals surface area contributed by atoms with Crippen LogP contribution in [-0.4, -0.2) is 30.5 Å². The smallest absolute Gasteiger partial charge is 0.223 e. The third-order valence-corrected chi connectivity index (χ3v) is 2.95. The van der Waals surface area contributed by atoms with Gasteiger partial charge in [0.25, 0.3) is 0 Å². The van der Waals surface area contributed by atoms with Crippen molar-refractivity contribution >= 4 is 5.91 Å². The minimum atomic E-state index is 0.201. The first-order valence-electron chi connectivity index (χ1n) is 5.88. The van der Waals surface area contributed by atoms with Crippen molar-refractivity contribution < 1.29 is 9.53 Å². The van der Waals surface area contributed by atoms with Crippen LogP contribution in [0.3, 0.4) is 0 Å². The van der Waals surface area contributed by atoms with Gasteiger partial charge in [0.1, 0.15) is 12.4 Å². The molecule has 0 spiro atoms. The van der Waals surface area contributed by atoms with E-state index in [2.05, 4.69) is 6.58 Å². The summed E-state index contributed by atoms with van der Waals surface area (Å²) in [6.07, 6.45) is 2.45. The number of amides is 1. The molecule has 1 aromatic carbocycles. The Labute approximate surface area is 102 Å². The number of hydrogen-bond donors (Lipinski definition) is 0. The second kappa shape index (κ2) is 5.53. The molecule has 3 nitrogen and oxygen atoms in total. The van der Waals surface area contributed by atoms with Crippen LogP contribution in [0.25, 0.3) is 0 Å². The first-order valence-corrected chi connectivity index (χ1v) is 5.88. The number of likely N-dealkylation sites (tertiary alicyclic amines) is 1. The Hall–Kier alpha value is -1.77. The topological polar surface area (TPSA) is 29.5 Å². The highest BCUT2D eigenvalue weighted by atomic mass is 16.5. The molecule has 3 heteroatoms. The van der Waals surface area contributed by atoms with Gasteiger partial charge in [0.05, 0.1) is 6.54 Å². The highest BCUT2D eigenvalue weighted by Gasteiger charge is 2.26. The van der Waals surface area contributed by atoms with E-state index in [4.69, 9.17) is 4.74 Å². The summed E-state index contributed by atoms with van der Waals surface area (Å²) < 4.78 is 5.57. The number of hydrogen-bond acceptors (Lipinski definition) is 2. The van der Waals surface area contributed by atoms with Gasteiger partial charge < -0.3 is 9.64 Å². The third-order valence-electron chi connectivity index (χ3n) is 2.95. The molecule has 1 amide bonds. The number of ether oxygens (including phenoxy) is 1. The molecule has 1 saturated heterocycles. The van der Waals surface area contributed by atoms with Crippen molar-refractivity contribution in [2.45, 2.75) is 6.42 Å². The van der Waals surface area contributed by atoms with Crippen LogP contribution < -0.4 is 4.74 Å². The Bertz CT molecular complexity index is 388. The van der Waals surface area contributed by atoms with Gasteiger partial charge in [0.2, 0.25) is 5.91 Å². The quantitative estimate of drug-likeness (QED) is 0.726. The summed E-state index contributed by atoms with van der Waals surface area (Å²) in [5.41, 5.74) is 0. The van der Waals surface area contributed by atoms with Gasteiger partial charge in [-0.2, -0.15) is 0 Å². The minimum Gasteiger partial charge on any atom is -0.492 e. The van der Waals surface area contributed by atoms with Gasteiger partial charge >= 0.3 is 0 Å². The molecule has 0 radical (unpaired) electrons. The molecule has 1 fully saturated rings. The molecule has 1 heterocycles. The standard InChI is InChI=1S/C14H17NO2/c1-2-12-10-14(16)15(11-12)8-9-17-13-6-4-3-5-7-13/h2-7,12H,1,8-11H2. The third kappa shape index (κ3) is 3.09. The van der Waals surface area contributed by atoms with Crippen molar-refractivity contribution in [2.75, 3.05) is 19.7 Å². The van der Waals surface area contributed by atoms with Crippen LogP contribution in [0.4, 0.5) is 0 Å². The largest absolute Gasteiger partial charge is 0.492 e. The van der Waals surface area contributed by atoms with Crippen LogP contribution in [0.15, 0.2) is 43.0 Å². The molecule has 0 aliphatic carbocycles. The minimum absolute atomic E-state index is 0.201. The molecule has 90 valence electrons. The van der Waals surface area contributed by atoms with Crippen LogP contribution in [0.5, 0.6) is 5.75 Å². The Morgan fingerprint density at radius 1 is 1.41 bits per heavy atom. The highest BCUT2D eigenvalue weighted by molar-refractivity contribution is 5.78. The summed E-state index contributed by atoms with van der Waals surface area (Å²) in [5, 5.41) is 0. The first kappa shape index (κ1) is 11.7. The fourth-order valence-electron chi connectivity index (χ4n) is 1.97. The van der Waals surface area contributed by atoms with Crippen molar-refractivity contribution in [3.8, 4) is 5.75 Å². The van der Waals surface area contributed by atoms with E-state index in [-0.39, 0.29) is 5.91 Å². The van der Waals surface area contributed by atoms with Crippen LogP contribution in [-0.2, 0) is 4.79 Å². The van der Waals surface area contributed by atoms with Gasteiger partial charge in [-0.05, 0) is 12.1 Å². The molecule has 0 saturated carbocycles. The Morgan fingerprint density at radius 3 is 2.82 bits per heavy atom. The van der Waals surface area contributed by atoms with E-state index in [0.29, 0.717) is 25.5 Å². The van der Waals surface area contributed by atoms with Gasteiger partial charge in [0.15, 0.2) is 0 Å². The van der Waals surface area contributed by atoms with Crippen LogP contribution in [0.1, 0.15) is 6.42 Å². The lowest BCUT2D eigenvalue weighted by Crippen LogP contribution is -2.29. The van der Waals surface area contributed by atoms with Gasteiger partial charge in [-0.15, -0.1) is 6.58 Å². The molecule has 1 aromatic rings. The number of rotatable bonds is 5. The molecular formula is C14H17NO2. The summed E-state index contributed by atoms with van der Waals surface area (Å²) in [6.45, 7) is 5.70. The maximum atomic E-state index is 11.6. The summed E-state index contributed by atoms with van der Waals surface area (Å²) in [5.74, 6) is 1.35. The van der Waals surface area contributed by atoms with E-state index in [1.165, 1.54) is 0 Å². The van der Waals surface area contributed by atoms with Crippen molar-refractivity contribution in [2.24, 2.45) is 5.92 Å². The molecule has 0 bridgehead atoms. The van der Waals surface area contributed by atoms with E-state index < -0.39 is 0 Å². The summed E-state index contributed by atoms with van der Waals surface area (Å²) >= 11 is 0. The second-order valence-electron chi connectivity index (χ2n) is 4.20. The maximum Gasteiger partial charge on any atom is 0.223 e. The van der Waals surface area contributed by atoms with Gasteiger partial charge in [-0.3, -0.25) is 4.79 Å². The maximum absolute atomic E-state index is 11.6. The van der Waals surface area contributed by atoms with Crippen LogP contribution in [0, 0.1) is 5.92 Å². The molecule has 1 aliphatic rings. The fraction of sp³-hybridized carbons (Fsp3) is 0.357. The predicted octanol–water partition coefficient (Wildman–Crippen LogP) is 2.10. The van der Waals surface area contributed by atoms with Gasteiger partial charge in [0, 0.05) is 18.9 Å². The highest BCUT2D eigenvalue weighted by Crippen LogP contribution is 2.18. The lowest BCUT2D eigenvalue weighted by Gasteiger charge is -2.16. The molecule has 1 aliphatic heterocycles. The summed E-state index contributed by atoms with van der Waals surface area (Å²) in [6, 6.07) is 9.65. The van der Waals surface area contributed by atoms with Gasteiger partial charge in [-0.25, -0.2) is 0 Å². The second-order valence-corrected chi connectivity index (χ2v) is 4.20. The fourth-order valence-corrected chi connectivity index (χ4v) is 1.97. The average Bonchev–Trinajstić information content (AvgIpc) is 2.72. The van der Waals surface area contributed by atoms with E-state index >= 15 is 0 Å². The van der Waals surface area contributed by atoms with Crippen LogP contribution in [0.2, 0.25) is 0 Å². The number of para-hydroxylation sites is 1. The van der Waals surface area contributed by atoms with E-state index in [0.717, 1.165) is 12.3 Å². The molecule has 1 atom stereocenters. The normalized spacial score (nSPS) is 19.4. The number of nitrogens with zero attached hydrogens (tertiary/aromatic N) is 1. The zero-order valence-electron chi connectivity index (χ0n) is 9.84. The van der Waals surface area contributed by atoms with Gasteiger partial charge in [-0.1, -0.05) is 24.3 Å². The average molecular weight is 231 g/mol. The van der Waals surface area contributed by atoms with Crippen molar-refractivity contribution in [3.05, 3.63) is 43.0 Å². The molecular weight excluding hydrogens is 214 g/mol. The van der Waals surface area contributed by atoms with E-state index in [1.807, 2.05) is 41.3 Å². The SMILES string of the molecule is C=CC1CC(=O)N(CCOc2ccccc2)C1. The Balaban J connectivity index is 1.76. The number of carbonyl (C=O) groups excluding carboxylic acids is 1. The zero-order chi connectivity index (χ0) is 12.1. The molecule has 0 N–H and O–H groups in total. The van der Waals surface area contributed by atoms with Crippen molar-refractivity contribution in [1.82, 2.24) is 4.90 Å². The van der Waals surface area contributed by atoms with Crippen molar-refractivity contribution in [1.29, 1.82) is 0 Å². The molecule has 17 heavy (non-hydrogen) atoms. The van der Waals surface area contributed by atoms with Crippen LogP contribution >= 0.6 is 0 Å². The zero-order valence-corrected chi connectivity index (χ0v) is 9.84. The molecule has 1 unspecified atom stereocenters. The van der Waals surface area contributed by atoms with Crippen molar-refractivity contribution in [3.63, 3.8) is 0 Å². The lowest BCUT2D eigenvalue weighted by atomic mass is 10.1. The number of carbonyl (C=O) groups is 1. The summed E-state index contributed by atoms with van der Waals surface area (Å²) in [4.78, 5) is 13.5. The lowest BCUT2D eigenvalue weighted by molar-refractivity contribution is -0.128. The Kier molecular flexibility index (Phi) is 3.81. The monoisotopic (exact) mass is 231 g/mol.